The Morgan fingerprint density at radius 3 is 2.45 bits per heavy atom. The predicted octanol–water partition coefficient (Wildman–Crippen LogP) is 0.745. The number of anilines is 1. The van der Waals surface area contributed by atoms with Gasteiger partial charge in [-0.15, -0.1) is 0 Å². The molecule has 1 aliphatic heterocycles. The molecule has 1 aromatic rings. The summed E-state index contributed by atoms with van der Waals surface area (Å²) < 4.78 is 10.9. The maximum Gasteiger partial charge on any atom is 0.225 e. The molecule has 0 bridgehead atoms. The lowest BCUT2D eigenvalue weighted by atomic mass is 10.2. The van der Waals surface area contributed by atoms with Gasteiger partial charge < -0.3 is 19.7 Å². The molecule has 1 fully saturated rings. The summed E-state index contributed by atoms with van der Waals surface area (Å²) >= 11 is 0. The number of nitrogens with zero attached hydrogens (tertiary/aromatic N) is 3. The van der Waals surface area contributed by atoms with Crippen LogP contribution in [-0.2, 0) is 16.0 Å². The van der Waals surface area contributed by atoms with E-state index in [2.05, 4.69) is 27.1 Å². The van der Waals surface area contributed by atoms with Crippen LogP contribution in [-0.4, -0.2) is 56.0 Å². The van der Waals surface area contributed by atoms with E-state index in [0.29, 0.717) is 0 Å². The van der Waals surface area contributed by atoms with Crippen molar-refractivity contribution in [3.05, 3.63) is 17.5 Å². The number of ether oxygens (including phenoxy) is 2. The summed E-state index contributed by atoms with van der Waals surface area (Å²) in [5.41, 5.74) is 2.16. The van der Waals surface area contributed by atoms with Crippen molar-refractivity contribution in [3.8, 4) is 0 Å². The Balaban J connectivity index is 2.08. The van der Waals surface area contributed by atoms with Crippen molar-refractivity contribution in [3.63, 3.8) is 0 Å². The van der Waals surface area contributed by atoms with Crippen LogP contribution in [0.1, 0.15) is 18.2 Å². The lowest BCUT2D eigenvalue weighted by Gasteiger charge is -2.17. The summed E-state index contributed by atoms with van der Waals surface area (Å²) in [7, 11) is 3.43. The molecule has 1 N–H and O–H groups in total. The van der Waals surface area contributed by atoms with Crippen LogP contribution >= 0.6 is 0 Å². The Kier molecular flexibility index (Phi) is 5.28. The highest BCUT2D eigenvalue weighted by Crippen LogP contribution is 2.21. The third kappa shape index (κ3) is 3.26. The molecule has 20 heavy (non-hydrogen) atoms. The molecule has 0 saturated carbocycles. The fourth-order valence-corrected chi connectivity index (χ4v) is 2.43. The molecule has 6 heteroatoms. The maximum atomic E-state index is 5.44. The first-order valence-corrected chi connectivity index (χ1v) is 7.03. The molecule has 0 aromatic carbocycles. The molecule has 2 atom stereocenters. The Hall–Kier alpha value is -1.24. The van der Waals surface area contributed by atoms with Gasteiger partial charge in [-0.3, -0.25) is 0 Å². The Morgan fingerprint density at radius 2 is 1.95 bits per heavy atom. The number of aryl methyl sites for hydroxylation is 1. The number of rotatable bonds is 6. The van der Waals surface area contributed by atoms with Crippen LogP contribution in [0.3, 0.4) is 0 Å². The molecule has 0 amide bonds. The van der Waals surface area contributed by atoms with Gasteiger partial charge in [0.25, 0.3) is 0 Å². The van der Waals surface area contributed by atoms with Crippen molar-refractivity contribution < 1.29 is 9.47 Å². The van der Waals surface area contributed by atoms with Gasteiger partial charge in [0.05, 0.1) is 0 Å². The molecule has 2 unspecified atom stereocenters. The zero-order chi connectivity index (χ0) is 14.5. The largest absolute Gasteiger partial charge is 0.377 e. The summed E-state index contributed by atoms with van der Waals surface area (Å²) in [6, 6.07) is 0. The molecule has 2 heterocycles. The highest BCUT2D eigenvalue weighted by atomic mass is 16.5. The Morgan fingerprint density at radius 1 is 1.30 bits per heavy atom. The SMILES string of the molecule is CCNCc1cnc(N2CC(OC)C(OC)C2)nc1C. The van der Waals surface area contributed by atoms with Crippen LogP contribution in [0.25, 0.3) is 0 Å². The second-order valence-corrected chi connectivity index (χ2v) is 5.01. The van der Waals surface area contributed by atoms with Crippen molar-refractivity contribution in [2.24, 2.45) is 0 Å². The highest BCUT2D eigenvalue weighted by molar-refractivity contribution is 5.35. The number of hydrogen-bond donors (Lipinski definition) is 1. The molecular weight excluding hydrogens is 256 g/mol. The first-order chi connectivity index (χ1) is 9.69. The van der Waals surface area contributed by atoms with Crippen molar-refractivity contribution in [2.45, 2.75) is 32.6 Å². The lowest BCUT2D eigenvalue weighted by Crippen LogP contribution is -2.27. The number of nitrogens with one attached hydrogen (secondary N) is 1. The van der Waals surface area contributed by atoms with Crippen molar-refractivity contribution in [2.75, 3.05) is 38.8 Å². The zero-order valence-electron chi connectivity index (χ0n) is 12.7. The molecule has 1 aromatic heterocycles. The van der Waals surface area contributed by atoms with Gasteiger partial charge in [-0.25, -0.2) is 9.97 Å². The first-order valence-electron chi connectivity index (χ1n) is 7.03. The molecule has 0 spiro atoms. The van der Waals surface area contributed by atoms with Gasteiger partial charge in [0, 0.05) is 51.3 Å². The fourth-order valence-electron chi connectivity index (χ4n) is 2.43. The summed E-state index contributed by atoms with van der Waals surface area (Å²) in [4.78, 5) is 11.2. The smallest absolute Gasteiger partial charge is 0.225 e. The number of hydrogen-bond acceptors (Lipinski definition) is 6. The van der Waals surface area contributed by atoms with Gasteiger partial charge in [-0.2, -0.15) is 0 Å². The molecule has 0 aliphatic carbocycles. The first kappa shape index (κ1) is 15.2. The van der Waals surface area contributed by atoms with Crippen LogP contribution in [0.4, 0.5) is 5.95 Å². The molecule has 112 valence electrons. The third-order valence-electron chi connectivity index (χ3n) is 3.74. The van der Waals surface area contributed by atoms with Gasteiger partial charge in [0.1, 0.15) is 12.2 Å². The summed E-state index contributed by atoms with van der Waals surface area (Å²) in [6.07, 6.45) is 2.05. The molecular formula is C14H24N4O2. The summed E-state index contributed by atoms with van der Waals surface area (Å²) in [5.74, 6) is 0.754. The maximum absolute atomic E-state index is 5.44. The summed E-state index contributed by atoms with van der Waals surface area (Å²) in [6.45, 7) is 7.39. The monoisotopic (exact) mass is 280 g/mol. The van der Waals surface area contributed by atoms with Crippen molar-refractivity contribution in [1.29, 1.82) is 0 Å². The average molecular weight is 280 g/mol. The van der Waals surface area contributed by atoms with Crippen LogP contribution < -0.4 is 10.2 Å². The van der Waals surface area contributed by atoms with Gasteiger partial charge in [-0.05, 0) is 13.5 Å². The third-order valence-corrected chi connectivity index (χ3v) is 3.74. The standard InChI is InChI=1S/C14H24N4O2/c1-5-15-6-11-7-16-14(17-10(11)2)18-8-12(19-3)13(9-18)20-4/h7,12-13,15H,5-6,8-9H2,1-4H3. The van der Waals surface area contributed by atoms with E-state index in [1.807, 2.05) is 13.1 Å². The second kappa shape index (κ2) is 6.97. The van der Waals surface area contributed by atoms with Gasteiger partial charge >= 0.3 is 0 Å². The minimum Gasteiger partial charge on any atom is -0.377 e. The average Bonchev–Trinajstić information content (AvgIpc) is 2.89. The normalized spacial score (nSPS) is 22.5. The Labute approximate surface area is 120 Å². The number of methoxy groups -OCH3 is 2. The quantitative estimate of drug-likeness (QED) is 0.829. The highest BCUT2D eigenvalue weighted by Gasteiger charge is 2.34. The molecule has 6 nitrogen and oxygen atoms in total. The molecule has 0 radical (unpaired) electrons. The minimum atomic E-state index is 0.0744. The van der Waals surface area contributed by atoms with E-state index in [0.717, 1.165) is 43.4 Å². The van der Waals surface area contributed by atoms with Crippen LogP contribution in [0.2, 0.25) is 0 Å². The fraction of sp³-hybridized carbons (Fsp3) is 0.714. The van der Waals surface area contributed by atoms with E-state index < -0.39 is 0 Å². The second-order valence-electron chi connectivity index (χ2n) is 5.01. The molecule has 1 saturated heterocycles. The van der Waals surface area contributed by atoms with Gasteiger partial charge in [-0.1, -0.05) is 6.92 Å². The molecule has 1 aliphatic rings. The van der Waals surface area contributed by atoms with Crippen LogP contribution in [0, 0.1) is 6.92 Å². The van der Waals surface area contributed by atoms with Crippen LogP contribution in [0.5, 0.6) is 0 Å². The predicted molar refractivity (Wildman–Crippen MR) is 78.0 cm³/mol. The van der Waals surface area contributed by atoms with Crippen molar-refractivity contribution in [1.82, 2.24) is 15.3 Å². The number of aromatic nitrogens is 2. The summed E-state index contributed by atoms with van der Waals surface area (Å²) in [5, 5.41) is 3.29. The lowest BCUT2D eigenvalue weighted by molar-refractivity contribution is -0.00461. The molecule has 2 rings (SSSR count). The van der Waals surface area contributed by atoms with E-state index in [-0.39, 0.29) is 12.2 Å². The zero-order valence-corrected chi connectivity index (χ0v) is 12.7. The van der Waals surface area contributed by atoms with Crippen LogP contribution in [0.15, 0.2) is 6.20 Å². The van der Waals surface area contributed by atoms with E-state index in [1.165, 1.54) is 0 Å². The van der Waals surface area contributed by atoms with Gasteiger partial charge in [0.15, 0.2) is 0 Å². The van der Waals surface area contributed by atoms with E-state index in [4.69, 9.17) is 9.47 Å². The van der Waals surface area contributed by atoms with E-state index in [1.54, 1.807) is 14.2 Å². The van der Waals surface area contributed by atoms with Crippen molar-refractivity contribution >= 4 is 5.95 Å². The minimum absolute atomic E-state index is 0.0744. The van der Waals surface area contributed by atoms with E-state index >= 15 is 0 Å². The van der Waals surface area contributed by atoms with E-state index in [9.17, 15) is 0 Å². The topological polar surface area (TPSA) is 59.5 Å². The van der Waals surface area contributed by atoms with Gasteiger partial charge in [0.2, 0.25) is 5.95 Å². The Bertz CT molecular complexity index is 429.